The van der Waals surface area contributed by atoms with Crippen molar-refractivity contribution in [2.45, 2.75) is 37.3 Å². The van der Waals surface area contributed by atoms with Crippen LogP contribution in [0.15, 0.2) is 18.2 Å². The van der Waals surface area contributed by atoms with Gasteiger partial charge in [-0.05, 0) is 13.0 Å². The number of methoxy groups -OCH3 is 1. The zero-order valence-corrected chi connectivity index (χ0v) is 16.1. The average molecular weight is 416 g/mol. The number of ketones is 2. The third-order valence-electron chi connectivity index (χ3n) is 6.02. The van der Waals surface area contributed by atoms with Crippen LogP contribution >= 0.6 is 0 Å². The molecule has 0 radical (unpaired) electrons. The summed E-state index contributed by atoms with van der Waals surface area (Å²) in [6, 6.07) is 4.30. The summed E-state index contributed by atoms with van der Waals surface area (Å²) in [4.78, 5) is 26.3. The molecule has 0 spiro atoms. The lowest BCUT2D eigenvalue weighted by Crippen LogP contribution is -2.50. The van der Waals surface area contributed by atoms with E-state index in [0.717, 1.165) is 0 Å². The Labute approximate surface area is 170 Å². The zero-order valence-electron chi connectivity index (χ0n) is 16.1. The highest BCUT2D eigenvalue weighted by atomic mass is 16.5. The fraction of sp³-hybridized carbons (Fsp3) is 0.333. The van der Waals surface area contributed by atoms with Crippen LogP contribution in [-0.4, -0.2) is 61.0 Å². The van der Waals surface area contributed by atoms with Crippen LogP contribution in [0.25, 0.3) is 0 Å². The molecule has 2 aromatic rings. The van der Waals surface area contributed by atoms with E-state index in [-0.39, 0.29) is 22.4 Å². The standard InChI is InChI=1S/C21H20O9/c1-7(22)21(29)6-9(23)12-15(20(21)28)19(27)13-14(18(12)26)17(25)11-8(16(13)24)4-3-5-10(11)30-2/h3-5,7,9,20,22-23,26-29H,6H2,1-2H3/t7?,9-,20?,21-/m0/s1. The summed E-state index contributed by atoms with van der Waals surface area (Å²) in [5.41, 5.74) is -4.41. The van der Waals surface area contributed by atoms with Gasteiger partial charge in [0.2, 0.25) is 5.78 Å². The number of aliphatic hydroxyl groups is 4. The molecule has 0 heterocycles. The van der Waals surface area contributed by atoms with E-state index in [9.17, 15) is 40.2 Å². The number of carbonyl (C=O) groups excluding carboxylic acids is 2. The summed E-state index contributed by atoms with van der Waals surface area (Å²) < 4.78 is 5.15. The molecule has 9 heteroatoms. The number of hydrogen-bond acceptors (Lipinski definition) is 9. The molecule has 0 aromatic heterocycles. The number of carbonyl (C=O) groups is 2. The Hall–Kier alpha value is -2.98. The minimum atomic E-state index is -2.26. The van der Waals surface area contributed by atoms with Crippen molar-refractivity contribution in [1.29, 1.82) is 0 Å². The normalized spacial score (nSPS) is 25.9. The minimum absolute atomic E-state index is 0.0712. The number of benzene rings is 2. The average Bonchev–Trinajstić information content (AvgIpc) is 2.70. The van der Waals surface area contributed by atoms with Gasteiger partial charge < -0.3 is 35.4 Å². The maximum Gasteiger partial charge on any atom is 0.202 e. The van der Waals surface area contributed by atoms with Gasteiger partial charge in [-0.3, -0.25) is 9.59 Å². The highest BCUT2D eigenvalue weighted by Crippen LogP contribution is 2.54. The van der Waals surface area contributed by atoms with Crippen molar-refractivity contribution in [2.24, 2.45) is 0 Å². The van der Waals surface area contributed by atoms with Crippen LogP contribution in [0.5, 0.6) is 17.2 Å². The zero-order chi connectivity index (χ0) is 22.1. The molecule has 2 aromatic carbocycles. The number of aliphatic hydroxyl groups excluding tert-OH is 3. The Kier molecular flexibility index (Phi) is 4.41. The number of phenols is 2. The monoisotopic (exact) mass is 416 g/mol. The van der Waals surface area contributed by atoms with Gasteiger partial charge in [-0.2, -0.15) is 0 Å². The summed E-state index contributed by atoms with van der Waals surface area (Å²) >= 11 is 0. The van der Waals surface area contributed by atoms with Crippen molar-refractivity contribution in [3.63, 3.8) is 0 Å². The fourth-order valence-electron chi connectivity index (χ4n) is 4.37. The van der Waals surface area contributed by atoms with Crippen LogP contribution in [0.4, 0.5) is 0 Å². The van der Waals surface area contributed by atoms with E-state index >= 15 is 0 Å². The molecule has 4 rings (SSSR count). The lowest BCUT2D eigenvalue weighted by atomic mass is 9.70. The van der Waals surface area contributed by atoms with Gasteiger partial charge in [-0.1, -0.05) is 12.1 Å². The first kappa shape index (κ1) is 20.3. The maximum atomic E-state index is 13.2. The van der Waals surface area contributed by atoms with Gasteiger partial charge in [0.15, 0.2) is 5.78 Å². The third-order valence-corrected chi connectivity index (χ3v) is 6.02. The Morgan fingerprint density at radius 2 is 1.63 bits per heavy atom. The van der Waals surface area contributed by atoms with Crippen molar-refractivity contribution in [2.75, 3.05) is 7.11 Å². The van der Waals surface area contributed by atoms with Crippen LogP contribution in [-0.2, 0) is 0 Å². The molecule has 0 aliphatic heterocycles. The smallest absolute Gasteiger partial charge is 0.202 e. The second kappa shape index (κ2) is 6.51. The minimum Gasteiger partial charge on any atom is -0.507 e. The van der Waals surface area contributed by atoms with Crippen molar-refractivity contribution >= 4 is 11.6 Å². The van der Waals surface area contributed by atoms with Crippen molar-refractivity contribution in [3.05, 3.63) is 51.6 Å². The van der Waals surface area contributed by atoms with Gasteiger partial charge in [0.25, 0.3) is 0 Å². The van der Waals surface area contributed by atoms with Crippen LogP contribution in [0, 0.1) is 0 Å². The number of aromatic hydroxyl groups is 2. The Balaban J connectivity index is 2.06. The first-order valence-electron chi connectivity index (χ1n) is 9.20. The van der Waals surface area contributed by atoms with Gasteiger partial charge in [-0.15, -0.1) is 0 Å². The molecule has 2 aliphatic carbocycles. The molecule has 0 amide bonds. The first-order chi connectivity index (χ1) is 14.1. The van der Waals surface area contributed by atoms with Gasteiger partial charge >= 0.3 is 0 Å². The molecule has 4 atom stereocenters. The molecule has 0 saturated carbocycles. The third kappa shape index (κ3) is 2.37. The van der Waals surface area contributed by atoms with E-state index in [1.54, 1.807) is 0 Å². The Morgan fingerprint density at radius 3 is 2.23 bits per heavy atom. The predicted molar refractivity (Wildman–Crippen MR) is 101 cm³/mol. The van der Waals surface area contributed by atoms with Gasteiger partial charge in [0.05, 0.1) is 36.0 Å². The largest absolute Gasteiger partial charge is 0.507 e. The second-order valence-electron chi connectivity index (χ2n) is 7.61. The molecule has 9 nitrogen and oxygen atoms in total. The first-order valence-corrected chi connectivity index (χ1v) is 9.20. The van der Waals surface area contributed by atoms with Crippen LogP contribution < -0.4 is 4.74 Å². The van der Waals surface area contributed by atoms with Gasteiger partial charge in [-0.25, -0.2) is 0 Å². The summed E-state index contributed by atoms with van der Waals surface area (Å²) in [6.07, 6.45) is -5.68. The Morgan fingerprint density at radius 1 is 1.03 bits per heavy atom. The second-order valence-corrected chi connectivity index (χ2v) is 7.61. The van der Waals surface area contributed by atoms with E-state index in [1.165, 1.54) is 32.2 Å². The topological polar surface area (TPSA) is 165 Å². The fourth-order valence-corrected chi connectivity index (χ4v) is 4.37. The van der Waals surface area contributed by atoms with E-state index in [2.05, 4.69) is 0 Å². The van der Waals surface area contributed by atoms with Crippen molar-refractivity contribution in [3.8, 4) is 17.2 Å². The molecule has 0 saturated heterocycles. The van der Waals surface area contributed by atoms with Gasteiger partial charge in [0.1, 0.15) is 29.0 Å². The van der Waals surface area contributed by atoms with Crippen LogP contribution in [0.1, 0.15) is 68.5 Å². The molecule has 2 aliphatic rings. The number of fused-ring (bicyclic) bond motifs is 3. The summed E-state index contributed by atoms with van der Waals surface area (Å²) in [5, 5.41) is 63.6. The molecule has 30 heavy (non-hydrogen) atoms. The van der Waals surface area contributed by atoms with E-state index in [1.807, 2.05) is 0 Å². The molecule has 158 valence electrons. The summed E-state index contributed by atoms with van der Waals surface area (Å²) in [7, 11) is 1.31. The lowest BCUT2D eigenvalue weighted by Gasteiger charge is -2.43. The van der Waals surface area contributed by atoms with Crippen molar-refractivity contribution in [1.82, 2.24) is 0 Å². The number of rotatable bonds is 2. The lowest BCUT2D eigenvalue weighted by molar-refractivity contribution is -0.170. The summed E-state index contributed by atoms with van der Waals surface area (Å²) in [6.45, 7) is 1.19. The highest BCUT2D eigenvalue weighted by molar-refractivity contribution is 6.31. The predicted octanol–water partition coefficient (Wildman–Crippen LogP) is 0.464. The number of ether oxygens (including phenoxy) is 1. The SMILES string of the molecule is COc1cccc2c1C(=O)c1c(O)c3c(c(O)c1C2=O)C(O)[C@@](O)(C(C)O)C[C@@H]3O. The molecule has 0 fully saturated rings. The maximum absolute atomic E-state index is 13.2. The molecular weight excluding hydrogens is 396 g/mol. The molecular formula is C21H20O9. The summed E-state index contributed by atoms with van der Waals surface area (Å²) in [5.74, 6) is -3.15. The number of hydrogen-bond donors (Lipinski definition) is 6. The molecule has 6 N–H and O–H groups in total. The quantitative estimate of drug-likeness (QED) is 0.326. The van der Waals surface area contributed by atoms with Crippen LogP contribution in [0.3, 0.4) is 0 Å². The Bertz CT molecular complexity index is 1100. The van der Waals surface area contributed by atoms with E-state index < -0.39 is 70.1 Å². The van der Waals surface area contributed by atoms with E-state index in [4.69, 9.17) is 4.74 Å². The number of phenolic OH excluding ortho intramolecular Hbond substituents is 2. The molecule has 2 unspecified atom stereocenters. The van der Waals surface area contributed by atoms with Crippen molar-refractivity contribution < 1.29 is 45.0 Å². The van der Waals surface area contributed by atoms with E-state index in [0.29, 0.717) is 0 Å². The van der Waals surface area contributed by atoms with Gasteiger partial charge in [0, 0.05) is 23.1 Å². The highest BCUT2D eigenvalue weighted by Gasteiger charge is 2.52. The molecule has 0 bridgehead atoms. The van der Waals surface area contributed by atoms with Crippen LogP contribution in [0.2, 0.25) is 0 Å².